The predicted molar refractivity (Wildman–Crippen MR) is 74.0 cm³/mol. The zero-order valence-corrected chi connectivity index (χ0v) is 11.9. The Morgan fingerprint density at radius 2 is 1.83 bits per heavy atom. The van der Waals surface area contributed by atoms with Crippen molar-refractivity contribution in [3.8, 4) is 11.5 Å². The molecular formula is C14H20ClNO2. The van der Waals surface area contributed by atoms with Crippen molar-refractivity contribution in [2.45, 2.75) is 32.6 Å². The van der Waals surface area contributed by atoms with Gasteiger partial charge < -0.3 is 15.2 Å². The summed E-state index contributed by atoms with van der Waals surface area (Å²) in [7, 11) is 1.57. The summed E-state index contributed by atoms with van der Waals surface area (Å²) in [5.74, 6) is 1.14. The number of aromatic hydroxyl groups is 1. The Morgan fingerprint density at radius 1 is 1.22 bits per heavy atom. The Balaban J connectivity index is 2.54. The van der Waals surface area contributed by atoms with Gasteiger partial charge >= 0.3 is 0 Å². The molecule has 18 heavy (non-hydrogen) atoms. The van der Waals surface area contributed by atoms with Gasteiger partial charge in [-0.3, -0.25) is 0 Å². The molecule has 1 heterocycles. The first-order chi connectivity index (χ1) is 8.57. The molecule has 4 heteroatoms. The van der Waals surface area contributed by atoms with E-state index < -0.39 is 0 Å². The highest BCUT2D eigenvalue weighted by atomic mass is 35.5. The van der Waals surface area contributed by atoms with E-state index in [1.165, 1.54) is 0 Å². The Labute approximate surface area is 113 Å². The van der Waals surface area contributed by atoms with Gasteiger partial charge in [-0.15, -0.1) is 0 Å². The van der Waals surface area contributed by atoms with Crippen LogP contribution in [0.15, 0.2) is 0 Å². The number of piperidine rings is 1. The van der Waals surface area contributed by atoms with Crippen molar-refractivity contribution in [3.05, 3.63) is 21.7 Å². The first-order valence-corrected chi connectivity index (χ1v) is 6.72. The quantitative estimate of drug-likeness (QED) is 0.867. The number of benzene rings is 1. The van der Waals surface area contributed by atoms with E-state index in [9.17, 15) is 5.11 Å². The van der Waals surface area contributed by atoms with Gasteiger partial charge in [0.2, 0.25) is 0 Å². The average Bonchev–Trinajstić information content (AvgIpc) is 2.38. The van der Waals surface area contributed by atoms with Crippen molar-refractivity contribution in [2.24, 2.45) is 0 Å². The lowest BCUT2D eigenvalue weighted by Gasteiger charge is -2.27. The maximum Gasteiger partial charge on any atom is 0.165 e. The fourth-order valence-electron chi connectivity index (χ4n) is 2.84. The smallest absolute Gasteiger partial charge is 0.165 e. The van der Waals surface area contributed by atoms with Crippen LogP contribution in [0, 0.1) is 13.8 Å². The van der Waals surface area contributed by atoms with Crippen LogP contribution in [0.2, 0.25) is 5.02 Å². The summed E-state index contributed by atoms with van der Waals surface area (Å²) >= 11 is 6.35. The van der Waals surface area contributed by atoms with Gasteiger partial charge in [-0.05, 0) is 51.3 Å². The highest BCUT2D eigenvalue weighted by Gasteiger charge is 2.26. The predicted octanol–water partition coefficient (Wildman–Crippen LogP) is 3.14. The van der Waals surface area contributed by atoms with Crippen LogP contribution in [0.1, 0.15) is 35.4 Å². The van der Waals surface area contributed by atoms with Crippen LogP contribution in [-0.2, 0) is 0 Å². The van der Waals surface area contributed by atoms with Gasteiger partial charge in [-0.2, -0.15) is 0 Å². The lowest BCUT2D eigenvalue weighted by molar-refractivity contribution is 0.360. The van der Waals surface area contributed by atoms with Crippen LogP contribution in [0.3, 0.4) is 0 Å². The van der Waals surface area contributed by atoms with Gasteiger partial charge in [0.05, 0.1) is 12.1 Å². The molecule has 0 saturated carbocycles. The van der Waals surface area contributed by atoms with Crippen molar-refractivity contribution in [2.75, 3.05) is 20.2 Å². The molecule has 0 radical (unpaired) electrons. The van der Waals surface area contributed by atoms with Gasteiger partial charge in [-0.1, -0.05) is 11.6 Å². The van der Waals surface area contributed by atoms with Crippen LogP contribution in [-0.4, -0.2) is 25.3 Å². The van der Waals surface area contributed by atoms with Crippen LogP contribution in [0.25, 0.3) is 0 Å². The molecule has 0 amide bonds. The minimum atomic E-state index is 0.267. The molecule has 0 spiro atoms. The first-order valence-electron chi connectivity index (χ1n) is 6.34. The van der Waals surface area contributed by atoms with E-state index in [2.05, 4.69) is 5.32 Å². The second-order valence-corrected chi connectivity index (χ2v) is 5.26. The number of nitrogens with one attached hydrogen (secondary N) is 1. The molecule has 0 unspecified atom stereocenters. The Morgan fingerprint density at radius 3 is 2.39 bits per heavy atom. The molecule has 0 atom stereocenters. The van der Waals surface area contributed by atoms with Crippen molar-refractivity contribution < 1.29 is 9.84 Å². The number of hydrogen-bond donors (Lipinski definition) is 2. The summed E-state index contributed by atoms with van der Waals surface area (Å²) in [6.45, 7) is 5.82. The molecule has 100 valence electrons. The Kier molecular flexibility index (Phi) is 4.03. The fraction of sp³-hybridized carbons (Fsp3) is 0.571. The monoisotopic (exact) mass is 269 g/mol. The van der Waals surface area contributed by atoms with Crippen molar-refractivity contribution in [1.82, 2.24) is 5.32 Å². The highest BCUT2D eigenvalue weighted by molar-refractivity contribution is 6.32. The largest absolute Gasteiger partial charge is 0.504 e. The number of rotatable bonds is 2. The molecule has 3 nitrogen and oxygen atoms in total. The van der Waals surface area contributed by atoms with Crippen molar-refractivity contribution >= 4 is 11.6 Å². The molecule has 1 aromatic carbocycles. The minimum Gasteiger partial charge on any atom is -0.504 e. The van der Waals surface area contributed by atoms with Crippen LogP contribution < -0.4 is 10.1 Å². The number of phenols is 1. The second kappa shape index (κ2) is 5.37. The van der Waals surface area contributed by atoms with Crippen molar-refractivity contribution in [1.29, 1.82) is 0 Å². The summed E-state index contributed by atoms with van der Waals surface area (Å²) < 4.78 is 5.29. The number of phenolic OH excluding ortho intramolecular Hbond substituents is 1. The highest BCUT2D eigenvalue weighted by Crippen LogP contribution is 2.46. The lowest BCUT2D eigenvalue weighted by Crippen LogP contribution is -2.27. The van der Waals surface area contributed by atoms with Crippen LogP contribution >= 0.6 is 11.6 Å². The van der Waals surface area contributed by atoms with E-state index in [0.717, 1.165) is 42.6 Å². The standard InChI is InChI=1S/C14H20ClNO2/c1-8-11(10-4-6-16-7-5-10)13(17)14(18-3)9(2)12(8)15/h10,16-17H,4-7H2,1-3H3. The molecule has 2 rings (SSSR count). The molecule has 2 N–H and O–H groups in total. The summed E-state index contributed by atoms with van der Waals surface area (Å²) in [6.07, 6.45) is 2.05. The molecule has 1 aliphatic heterocycles. The maximum absolute atomic E-state index is 10.4. The third-order valence-corrected chi connectivity index (χ3v) is 4.39. The number of hydrogen-bond acceptors (Lipinski definition) is 3. The van der Waals surface area contributed by atoms with E-state index in [1.54, 1.807) is 7.11 Å². The first kappa shape index (κ1) is 13.5. The fourth-order valence-corrected chi connectivity index (χ4v) is 3.02. The maximum atomic E-state index is 10.4. The minimum absolute atomic E-state index is 0.267. The molecule has 0 aromatic heterocycles. The molecule has 1 fully saturated rings. The van der Waals surface area contributed by atoms with Gasteiger partial charge in [0.25, 0.3) is 0 Å². The number of halogens is 1. The van der Waals surface area contributed by atoms with E-state index in [4.69, 9.17) is 16.3 Å². The van der Waals surface area contributed by atoms with E-state index in [-0.39, 0.29) is 5.75 Å². The average molecular weight is 270 g/mol. The topological polar surface area (TPSA) is 41.5 Å². The third-order valence-electron chi connectivity index (χ3n) is 3.82. The Hall–Kier alpha value is -0.930. The zero-order valence-electron chi connectivity index (χ0n) is 11.1. The van der Waals surface area contributed by atoms with Crippen LogP contribution in [0.5, 0.6) is 11.5 Å². The number of methoxy groups -OCH3 is 1. The number of ether oxygens (including phenoxy) is 1. The molecule has 0 aliphatic carbocycles. The van der Waals surface area contributed by atoms with Gasteiger partial charge in [0.15, 0.2) is 11.5 Å². The van der Waals surface area contributed by atoms with Gasteiger partial charge in [-0.25, -0.2) is 0 Å². The summed E-state index contributed by atoms with van der Waals surface area (Å²) in [5, 5.41) is 14.5. The van der Waals surface area contributed by atoms with E-state index in [1.807, 2.05) is 13.8 Å². The molecule has 1 saturated heterocycles. The van der Waals surface area contributed by atoms with Crippen LogP contribution in [0.4, 0.5) is 0 Å². The molecular weight excluding hydrogens is 250 g/mol. The lowest BCUT2D eigenvalue weighted by atomic mass is 9.85. The Bertz CT molecular complexity index is 454. The van der Waals surface area contributed by atoms with Gasteiger partial charge in [0.1, 0.15) is 0 Å². The summed E-state index contributed by atoms with van der Waals surface area (Å²) in [4.78, 5) is 0. The van der Waals surface area contributed by atoms with E-state index in [0.29, 0.717) is 16.7 Å². The zero-order chi connectivity index (χ0) is 13.3. The van der Waals surface area contributed by atoms with Crippen molar-refractivity contribution in [3.63, 3.8) is 0 Å². The third kappa shape index (κ3) is 2.17. The molecule has 1 aliphatic rings. The summed E-state index contributed by atoms with van der Waals surface area (Å²) in [5.41, 5.74) is 2.76. The summed E-state index contributed by atoms with van der Waals surface area (Å²) in [6, 6.07) is 0. The second-order valence-electron chi connectivity index (χ2n) is 4.88. The molecule has 0 bridgehead atoms. The normalized spacial score (nSPS) is 16.9. The van der Waals surface area contributed by atoms with E-state index >= 15 is 0 Å². The molecule has 1 aromatic rings. The SMILES string of the molecule is COc1c(C)c(Cl)c(C)c(C2CCNCC2)c1O. The van der Waals surface area contributed by atoms with Gasteiger partial charge in [0, 0.05) is 11.1 Å².